The van der Waals surface area contributed by atoms with Gasteiger partial charge in [-0.25, -0.2) is 0 Å². The first kappa shape index (κ1) is 14.4. The summed E-state index contributed by atoms with van der Waals surface area (Å²) in [6, 6.07) is 2.18. The number of carbonyl (C=O) groups is 1. The average Bonchev–Trinajstić information content (AvgIpc) is 2.97. The zero-order valence-electron chi connectivity index (χ0n) is 11.7. The van der Waals surface area contributed by atoms with Crippen molar-refractivity contribution in [2.75, 3.05) is 19.6 Å². The van der Waals surface area contributed by atoms with E-state index in [1.54, 1.807) is 16.8 Å². The Morgan fingerprint density at radius 3 is 2.95 bits per heavy atom. The highest BCUT2D eigenvalue weighted by Gasteiger charge is 2.23. The molecular weight excluding hydrogens is 262 g/mol. The van der Waals surface area contributed by atoms with E-state index < -0.39 is 0 Å². The summed E-state index contributed by atoms with van der Waals surface area (Å²) in [4.78, 5) is 14.5. The van der Waals surface area contributed by atoms with E-state index >= 15 is 0 Å². The van der Waals surface area contributed by atoms with Gasteiger partial charge in [-0.3, -0.25) is 4.79 Å². The van der Waals surface area contributed by atoms with E-state index in [4.69, 9.17) is 11.6 Å². The van der Waals surface area contributed by atoms with Crippen LogP contribution in [-0.4, -0.2) is 41.1 Å². The van der Waals surface area contributed by atoms with Crippen LogP contribution in [0.25, 0.3) is 0 Å². The summed E-state index contributed by atoms with van der Waals surface area (Å²) in [5.74, 6) is 0.0740. The molecule has 4 nitrogen and oxygen atoms in total. The van der Waals surface area contributed by atoms with E-state index in [1.807, 2.05) is 11.9 Å². The highest BCUT2D eigenvalue weighted by atomic mass is 35.5. The van der Waals surface area contributed by atoms with Crippen LogP contribution in [0.5, 0.6) is 0 Å². The standard InChI is InChI=1S/C14H22ClN3O/c1-3-7-18(10-12-5-4-6-16-12)14(19)13-8-11(15)9-17(13)2/h8-9,12,16H,3-7,10H2,1-2H3. The molecule has 1 amide bonds. The van der Waals surface area contributed by atoms with E-state index in [0.717, 1.165) is 32.5 Å². The second-order valence-corrected chi connectivity index (χ2v) is 5.64. The first-order chi connectivity index (χ1) is 9.11. The number of nitrogens with zero attached hydrogens (tertiary/aromatic N) is 2. The quantitative estimate of drug-likeness (QED) is 0.900. The minimum absolute atomic E-state index is 0.0740. The van der Waals surface area contributed by atoms with Crippen molar-refractivity contribution < 1.29 is 4.79 Å². The van der Waals surface area contributed by atoms with Crippen LogP contribution in [0, 0.1) is 0 Å². The van der Waals surface area contributed by atoms with Crippen LogP contribution in [-0.2, 0) is 7.05 Å². The predicted octanol–water partition coefficient (Wildman–Crippen LogP) is 2.28. The van der Waals surface area contributed by atoms with Gasteiger partial charge in [-0.15, -0.1) is 0 Å². The minimum atomic E-state index is 0.0740. The summed E-state index contributed by atoms with van der Waals surface area (Å²) in [5, 5.41) is 4.06. The molecule has 1 fully saturated rings. The lowest BCUT2D eigenvalue weighted by Crippen LogP contribution is -2.42. The normalized spacial score (nSPS) is 18.8. The summed E-state index contributed by atoms with van der Waals surface area (Å²) in [7, 11) is 1.86. The second-order valence-electron chi connectivity index (χ2n) is 5.20. The number of carbonyl (C=O) groups excluding carboxylic acids is 1. The molecule has 1 aliphatic rings. The molecule has 1 atom stereocenters. The first-order valence-electron chi connectivity index (χ1n) is 6.96. The zero-order valence-corrected chi connectivity index (χ0v) is 12.4. The van der Waals surface area contributed by atoms with Gasteiger partial charge in [0.1, 0.15) is 5.69 Å². The van der Waals surface area contributed by atoms with Gasteiger partial charge in [-0.2, -0.15) is 0 Å². The van der Waals surface area contributed by atoms with Crippen molar-refractivity contribution >= 4 is 17.5 Å². The van der Waals surface area contributed by atoms with E-state index in [0.29, 0.717) is 16.8 Å². The largest absolute Gasteiger partial charge is 0.345 e. The van der Waals surface area contributed by atoms with E-state index in [1.165, 1.54) is 6.42 Å². The number of hydrogen-bond donors (Lipinski definition) is 1. The van der Waals surface area contributed by atoms with Gasteiger partial charge < -0.3 is 14.8 Å². The van der Waals surface area contributed by atoms with Gasteiger partial charge in [-0.1, -0.05) is 18.5 Å². The zero-order chi connectivity index (χ0) is 13.8. The lowest BCUT2D eigenvalue weighted by Gasteiger charge is -2.25. The average molecular weight is 284 g/mol. The fraction of sp³-hybridized carbons (Fsp3) is 0.643. The van der Waals surface area contributed by atoms with Crippen molar-refractivity contribution in [2.45, 2.75) is 32.2 Å². The van der Waals surface area contributed by atoms with Crippen LogP contribution < -0.4 is 5.32 Å². The van der Waals surface area contributed by atoms with Gasteiger partial charge in [0.05, 0.1) is 5.02 Å². The molecule has 0 radical (unpaired) electrons. The smallest absolute Gasteiger partial charge is 0.270 e. The molecule has 5 heteroatoms. The number of aromatic nitrogens is 1. The maximum absolute atomic E-state index is 12.6. The van der Waals surface area contributed by atoms with Gasteiger partial charge in [-0.05, 0) is 31.9 Å². The molecule has 1 aliphatic heterocycles. The molecule has 0 bridgehead atoms. The predicted molar refractivity (Wildman–Crippen MR) is 77.6 cm³/mol. The van der Waals surface area contributed by atoms with Crippen LogP contribution in [0.1, 0.15) is 36.7 Å². The summed E-state index contributed by atoms with van der Waals surface area (Å²) >= 11 is 5.96. The lowest BCUT2D eigenvalue weighted by molar-refractivity contribution is 0.0732. The fourth-order valence-corrected chi connectivity index (χ4v) is 2.87. The number of hydrogen-bond acceptors (Lipinski definition) is 2. The summed E-state index contributed by atoms with van der Waals surface area (Å²) in [5.41, 5.74) is 0.663. The lowest BCUT2D eigenvalue weighted by atomic mass is 10.2. The van der Waals surface area contributed by atoms with Crippen LogP contribution in [0.4, 0.5) is 0 Å². The first-order valence-corrected chi connectivity index (χ1v) is 7.34. The third kappa shape index (κ3) is 3.51. The third-order valence-electron chi connectivity index (χ3n) is 3.57. The Hall–Kier alpha value is -1.00. The summed E-state index contributed by atoms with van der Waals surface area (Å²) in [6.45, 7) is 4.74. The highest BCUT2D eigenvalue weighted by molar-refractivity contribution is 6.31. The topological polar surface area (TPSA) is 37.3 Å². The van der Waals surface area contributed by atoms with Crippen molar-refractivity contribution in [3.8, 4) is 0 Å². The second kappa shape index (κ2) is 6.44. The highest BCUT2D eigenvalue weighted by Crippen LogP contribution is 2.16. The van der Waals surface area contributed by atoms with Crippen molar-refractivity contribution in [3.63, 3.8) is 0 Å². The van der Waals surface area contributed by atoms with Gasteiger partial charge in [0.25, 0.3) is 5.91 Å². The molecule has 2 rings (SSSR count). The molecule has 0 aromatic carbocycles. The van der Waals surface area contributed by atoms with Crippen molar-refractivity contribution in [1.29, 1.82) is 0 Å². The molecule has 19 heavy (non-hydrogen) atoms. The van der Waals surface area contributed by atoms with Crippen LogP contribution in [0.3, 0.4) is 0 Å². The number of amides is 1. The Morgan fingerprint density at radius 1 is 1.63 bits per heavy atom. The van der Waals surface area contributed by atoms with Crippen LogP contribution in [0.2, 0.25) is 5.02 Å². The fourth-order valence-electron chi connectivity index (χ4n) is 2.62. The Bertz CT molecular complexity index is 438. The van der Waals surface area contributed by atoms with Crippen LogP contribution >= 0.6 is 11.6 Å². The van der Waals surface area contributed by atoms with Gasteiger partial charge in [0.2, 0.25) is 0 Å². The van der Waals surface area contributed by atoms with E-state index in [9.17, 15) is 4.79 Å². The number of aryl methyl sites for hydroxylation is 1. The molecule has 0 spiro atoms. The van der Waals surface area contributed by atoms with Crippen molar-refractivity contribution in [2.24, 2.45) is 7.05 Å². The summed E-state index contributed by atoms with van der Waals surface area (Å²) < 4.78 is 1.80. The molecule has 1 N–H and O–H groups in total. The maximum atomic E-state index is 12.6. The molecular formula is C14H22ClN3O. The molecule has 2 heterocycles. The number of rotatable bonds is 5. The molecule has 1 aromatic rings. The van der Waals surface area contributed by atoms with Crippen molar-refractivity contribution in [1.82, 2.24) is 14.8 Å². The van der Waals surface area contributed by atoms with Gasteiger partial charge >= 0.3 is 0 Å². The Morgan fingerprint density at radius 2 is 2.42 bits per heavy atom. The Kier molecular flexibility index (Phi) is 4.88. The van der Waals surface area contributed by atoms with Crippen LogP contribution in [0.15, 0.2) is 12.3 Å². The molecule has 1 aromatic heterocycles. The Labute approximate surface area is 119 Å². The maximum Gasteiger partial charge on any atom is 0.270 e. The summed E-state index contributed by atoms with van der Waals surface area (Å²) in [6.07, 6.45) is 5.10. The Balaban J connectivity index is 2.08. The molecule has 106 valence electrons. The monoisotopic (exact) mass is 283 g/mol. The van der Waals surface area contributed by atoms with Crippen molar-refractivity contribution in [3.05, 3.63) is 23.0 Å². The van der Waals surface area contributed by atoms with E-state index in [-0.39, 0.29) is 5.91 Å². The molecule has 1 saturated heterocycles. The number of nitrogens with one attached hydrogen (secondary N) is 1. The molecule has 0 saturated carbocycles. The van der Waals surface area contributed by atoms with Gasteiger partial charge in [0.15, 0.2) is 0 Å². The molecule has 1 unspecified atom stereocenters. The van der Waals surface area contributed by atoms with Gasteiger partial charge in [0, 0.05) is 32.4 Å². The third-order valence-corrected chi connectivity index (χ3v) is 3.78. The SMILES string of the molecule is CCCN(CC1CCCN1)C(=O)c1cc(Cl)cn1C. The number of halogens is 1. The van der Waals surface area contributed by atoms with E-state index in [2.05, 4.69) is 12.2 Å². The minimum Gasteiger partial charge on any atom is -0.345 e. The molecule has 0 aliphatic carbocycles.